The van der Waals surface area contributed by atoms with Crippen molar-refractivity contribution in [3.8, 4) is 0 Å². The third-order valence-electron chi connectivity index (χ3n) is 3.07. The van der Waals surface area contributed by atoms with Gasteiger partial charge in [-0.15, -0.1) is 0 Å². The highest BCUT2D eigenvalue weighted by Crippen LogP contribution is 2.25. The number of pyridine rings is 1. The Balaban J connectivity index is 3.02. The number of fused-ring (bicyclic) bond motifs is 1. The van der Waals surface area contributed by atoms with E-state index in [1.807, 2.05) is 25.4 Å². The van der Waals surface area contributed by atoms with Crippen LogP contribution in [0.1, 0.15) is 30.9 Å². The average molecular weight is 215 g/mol. The van der Waals surface area contributed by atoms with Gasteiger partial charge in [-0.1, -0.05) is 26.0 Å². The highest BCUT2D eigenvalue weighted by Gasteiger charge is 2.11. The SMILES string of the molecule is Cc1cccc2c(=O)n(C)cc(C(C)C)c12. The predicted octanol–water partition coefficient (Wildman–Crippen LogP) is 2.97. The Morgan fingerprint density at radius 3 is 2.56 bits per heavy atom. The van der Waals surface area contributed by atoms with Crippen LogP contribution in [0.2, 0.25) is 0 Å². The van der Waals surface area contributed by atoms with E-state index in [9.17, 15) is 4.79 Å². The normalized spacial score (nSPS) is 11.3. The molecule has 0 amide bonds. The smallest absolute Gasteiger partial charge is 0.258 e. The van der Waals surface area contributed by atoms with Crippen LogP contribution in [0.25, 0.3) is 10.8 Å². The summed E-state index contributed by atoms with van der Waals surface area (Å²) in [5.41, 5.74) is 2.51. The van der Waals surface area contributed by atoms with Gasteiger partial charge in [0, 0.05) is 18.6 Å². The van der Waals surface area contributed by atoms with Gasteiger partial charge in [0.15, 0.2) is 0 Å². The van der Waals surface area contributed by atoms with E-state index in [-0.39, 0.29) is 5.56 Å². The van der Waals surface area contributed by atoms with E-state index < -0.39 is 0 Å². The molecule has 1 heterocycles. The van der Waals surface area contributed by atoms with Gasteiger partial charge in [0.25, 0.3) is 5.56 Å². The van der Waals surface area contributed by atoms with Gasteiger partial charge in [-0.25, -0.2) is 0 Å². The molecule has 0 unspecified atom stereocenters. The lowest BCUT2D eigenvalue weighted by Crippen LogP contribution is -2.18. The van der Waals surface area contributed by atoms with Crippen LogP contribution in [0.4, 0.5) is 0 Å². The minimum absolute atomic E-state index is 0.0862. The maximum atomic E-state index is 12.0. The molecular formula is C14H17NO. The van der Waals surface area contributed by atoms with Crippen LogP contribution >= 0.6 is 0 Å². The van der Waals surface area contributed by atoms with Gasteiger partial charge in [0.2, 0.25) is 0 Å². The van der Waals surface area contributed by atoms with Crippen molar-refractivity contribution in [2.75, 3.05) is 0 Å². The van der Waals surface area contributed by atoms with Gasteiger partial charge in [-0.3, -0.25) is 4.79 Å². The van der Waals surface area contributed by atoms with Crippen molar-refractivity contribution >= 4 is 10.8 Å². The van der Waals surface area contributed by atoms with Crippen molar-refractivity contribution in [3.63, 3.8) is 0 Å². The molecule has 0 saturated carbocycles. The lowest BCUT2D eigenvalue weighted by Gasteiger charge is -2.13. The molecule has 84 valence electrons. The van der Waals surface area contributed by atoms with Crippen LogP contribution in [-0.4, -0.2) is 4.57 Å². The van der Waals surface area contributed by atoms with Crippen molar-refractivity contribution in [1.29, 1.82) is 0 Å². The van der Waals surface area contributed by atoms with Crippen LogP contribution in [0, 0.1) is 6.92 Å². The topological polar surface area (TPSA) is 22.0 Å². The minimum Gasteiger partial charge on any atom is -0.318 e. The van der Waals surface area contributed by atoms with Gasteiger partial charge < -0.3 is 4.57 Å². The zero-order valence-corrected chi connectivity index (χ0v) is 10.2. The molecule has 2 rings (SSSR count). The molecule has 1 aromatic heterocycles. The number of aromatic nitrogens is 1. The van der Waals surface area contributed by atoms with E-state index in [4.69, 9.17) is 0 Å². The molecule has 0 atom stereocenters. The number of hydrogen-bond acceptors (Lipinski definition) is 1. The minimum atomic E-state index is 0.0862. The van der Waals surface area contributed by atoms with E-state index in [0.29, 0.717) is 5.92 Å². The summed E-state index contributed by atoms with van der Waals surface area (Å²) in [5, 5.41) is 1.95. The Morgan fingerprint density at radius 2 is 1.94 bits per heavy atom. The molecule has 0 N–H and O–H groups in total. The summed E-state index contributed by atoms with van der Waals surface area (Å²) < 4.78 is 1.68. The fourth-order valence-corrected chi connectivity index (χ4v) is 2.19. The second-order valence-electron chi connectivity index (χ2n) is 4.65. The van der Waals surface area contributed by atoms with Crippen molar-refractivity contribution in [2.45, 2.75) is 26.7 Å². The van der Waals surface area contributed by atoms with Crippen molar-refractivity contribution < 1.29 is 0 Å². The fraction of sp³-hybridized carbons (Fsp3) is 0.357. The summed E-state index contributed by atoms with van der Waals surface area (Å²) in [4.78, 5) is 12.0. The Kier molecular flexibility index (Phi) is 2.58. The standard InChI is InChI=1S/C14H17NO/c1-9(2)12-8-15(4)14(16)11-7-5-6-10(3)13(11)12/h5-9H,1-4H3. The van der Waals surface area contributed by atoms with Crippen LogP contribution in [0.15, 0.2) is 29.2 Å². The van der Waals surface area contributed by atoms with Crippen molar-refractivity contribution in [1.82, 2.24) is 4.57 Å². The van der Waals surface area contributed by atoms with Crippen molar-refractivity contribution in [3.05, 3.63) is 45.9 Å². The second kappa shape index (κ2) is 3.78. The van der Waals surface area contributed by atoms with E-state index in [0.717, 1.165) is 10.8 Å². The summed E-state index contributed by atoms with van der Waals surface area (Å²) in [6, 6.07) is 5.92. The van der Waals surface area contributed by atoms with Gasteiger partial charge >= 0.3 is 0 Å². The highest BCUT2D eigenvalue weighted by atomic mass is 16.1. The van der Waals surface area contributed by atoms with E-state index in [2.05, 4.69) is 26.8 Å². The van der Waals surface area contributed by atoms with Gasteiger partial charge in [-0.05, 0) is 35.4 Å². The summed E-state index contributed by atoms with van der Waals surface area (Å²) in [5.74, 6) is 0.426. The molecule has 0 saturated heterocycles. The molecule has 1 aromatic carbocycles. The monoisotopic (exact) mass is 215 g/mol. The molecule has 2 nitrogen and oxygen atoms in total. The summed E-state index contributed by atoms with van der Waals surface area (Å²) in [7, 11) is 1.82. The number of rotatable bonds is 1. The van der Waals surface area contributed by atoms with E-state index in [1.54, 1.807) is 4.57 Å². The van der Waals surface area contributed by atoms with Crippen LogP contribution in [0.3, 0.4) is 0 Å². The van der Waals surface area contributed by atoms with Crippen LogP contribution in [0.5, 0.6) is 0 Å². The molecule has 2 heteroatoms. The van der Waals surface area contributed by atoms with Gasteiger partial charge in [0.1, 0.15) is 0 Å². The molecule has 0 spiro atoms. The third kappa shape index (κ3) is 1.54. The zero-order valence-electron chi connectivity index (χ0n) is 10.2. The zero-order chi connectivity index (χ0) is 11.9. The number of aryl methyl sites for hydroxylation is 2. The molecule has 16 heavy (non-hydrogen) atoms. The lowest BCUT2D eigenvalue weighted by molar-refractivity contribution is 0.809. The number of hydrogen-bond donors (Lipinski definition) is 0. The average Bonchev–Trinajstić information content (AvgIpc) is 2.23. The van der Waals surface area contributed by atoms with E-state index in [1.165, 1.54) is 11.1 Å². The summed E-state index contributed by atoms with van der Waals surface area (Å²) >= 11 is 0. The van der Waals surface area contributed by atoms with E-state index >= 15 is 0 Å². The Labute approximate surface area is 95.5 Å². The van der Waals surface area contributed by atoms with Crippen LogP contribution < -0.4 is 5.56 Å². The molecule has 0 bridgehead atoms. The quantitative estimate of drug-likeness (QED) is 0.716. The Bertz CT molecular complexity index is 593. The maximum Gasteiger partial charge on any atom is 0.258 e. The first-order valence-electron chi connectivity index (χ1n) is 5.61. The molecule has 0 aliphatic heterocycles. The number of nitrogens with zero attached hydrogens (tertiary/aromatic N) is 1. The Morgan fingerprint density at radius 1 is 1.25 bits per heavy atom. The maximum absolute atomic E-state index is 12.0. The number of benzene rings is 1. The molecule has 2 aromatic rings. The first-order chi connectivity index (χ1) is 7.52. The summed E-state index contributed by atoms with van der Waals surface area (Å²) in [6.07, 6.45) is 1.96. The molecular weight excluding hydrogens is 198 g/mol. The van der Waals surface area contributed by atoms with Gasteiger partial charge in [0.05, 0.1) is 0 Å². The van der Waals surface area contributed by atoms with Crippen LogP contribution in [-0.2, 0) is 7.05 Å². The second-order valence-corrected chi connectivity index (χ2v) is 4.65. The first kappa shape index (κ1) is 10.9. The lowest BCUT2D eigenvalue weighted by atomic mass is 9.95. The Hall–Kier alpha value is -1.57. The third-order valence-corrected chi connectivity index (χ3v) is 3.07. The molecule has 0 aliphatic carbocycles. The largest absolute Gasteiger partial charge is 0.318 e. The van der Waals surface area contributed by atoms with Gasteiger partial charge in [-0.2, -0.15) is 0 Å². The molecule has 0 aliphatic rings. The molecule has 0 radical (unpaired) electrons. The predicted molar refractivity (Wildman–Crippen MR) is 68.0 cm³/mol. The molecule has 0 fully saturated rings. The highest BCUT2D eigenvalue weighted by molar-refractivity contribution is 5.88. The summed E-state index contributed by atoms with van der Waals surface area (Å²) in [6.45, 7) is 6.38. The fourth-order valence-electron chi connectivity index (χ4n) is 2.19. The first-order valence-corrected chi connectivity index (χ1v) is 5.61. The van der Waals surface area contributed by atoms with Crippen molar-refractivity contribution in [2.24, 2.45) is 7.05 Å².